The van der Waals surface area contributed by atoms with E-state index in [0.29, 0.717) is 0 Å². The molecule has 0 saturated heterocycles. The maximum atomic E-state index is 12.1. The molecule has 4 nitrogen and oxygen atoms in total. The Hall–Kier alpha value is -2.20. The van der Waals surface area contributed by atoms with E-state index >= 15 is 0 Å². The highest BCUT2D eigenvalue weighted by Crippen LogP contribution is 2.14. The molecule has 2 rings (SSSR count). The Morgan fingerprint density at radius 3 is 2.37 bits per heavy atom. The first-order chi connectivity index (χ1) is 9.18. The molecule has 0 unspecified atom stereocenters. The van der Waals surface area contributed by atoms with Crippen LogP contribution in [0.15, 0.2) is 54.9 Å². The maximum absolute atomic E-state index is 12.1. The van der Waals surface area contributed by atoms with Crippen molar-refractivity contribution in [1.82, 2.24) is 10.3 Å². The van der Waals surface area contributed by atoms with Crippen LogP contribution in [0.2, 0.25) is 0 Å². The Balaban J connectivity index is 2.02. The summed E-state index contributed by atoms with van der Waals surface area (Å²) in [6.45, 7) is 1.92. The van der Waals surface area contributed by atoms with Gasteiger partial charge in [-0.15, -0.1) is 0 Å². The molecule has 0 saturated carbocycles. The van der Waals surface area contributed by atoms with Crippen molar-refractivity contribution in [3.05, 3.63) is 66.0 Å². The number of nitrogens with zero attached hydrogens (tertiary/aromatic N) is 1. The van der Waals surface area contributed by atoms with E-state index in [1.54, 1.807) is 12.4 Å². The molecule has 0 spiro atoms. The van der Waals surface area contributed by atoms with Crippen molar-refractivity contribution < 1.29 is 4.79 Å². The predicted molar refractivity (Wildman–Crippen MR) is 74.2 cm³/mol. The fourth-order valence-electron chi connectivity index (χ4n) is 1.85. The van der Waals surface area contributed by atoms with Gasteiger partial charge in [0.25, 0.3) is 0 Å². The lowest BCUT2D eigenvalue weighted by Gasteiger charge is -2.18. The van der Waals surface area contributed by atoms with Gasteiger partial charge in [-0.05, 0) is 30.2 Å². The van der Waals surface area contributed by atoms with Gasteiger partial charge in [-0.2, -0.15) is 0 Å². The van der Waals surface area contributed by atoms with Crippen molar-refractivity contribution in [2.45, 2.75) is 19.0 Å². The number of carbonyl (C=O) groups excluding carboxylic acids is 1. The van der Waals surface area contributed by atoms with Crippen molar-refractivity contribution in [1.29, 1.82) is 0 Å². The molecule has 3 N–H and O–H groups in total. The van der Waals surface area contributed by atoms with Crippen molar-refractivity contribution in [3.8, 4) is 0 Å². The van der Waals surface area contributed by atoms with Crippen LogP contribution < -0.4 is 11.1 Å². The zero-order chi connectivity index (χ0) is 13.7. The molecule has 0 aliphatic rings. The second kappa shape index (κ2) is 6.11. The van der Waals surface area contributed by atoms with Crippen LogP contribution in [0.4, 0.5) is 0 Å². The topological polar surface area (TPSA) is 68.0 Å². The fourth-order valence-corrected chi connectivity index (χ4v) is 1.85. The van der Waals surface area contributed by atoms with E-state index in [1.165, 1.54) is 0 Å². The molecular formula is C15H17N3O. The van der Waals surface area contributed by atoms with Gasteiger partial charge < -0.3 is 11.1 Å². The number of aromatic nitrogens is 1. The molecule has 1 aromatic carbocycles. The Bertz CT molecular complexity index is 528. The van der Waals surface area contributed by atoms with Crippen LogP contribution in [0, 0.1) is 0 Å². The van der Waals surface area contributed by atoms with Crippen molar-refractivity contribution >= 4 is 5.91 Å². The van der Waals surface area contributed by atoms with Crippen molar-refractivity contribution in [3.63, 3.8) is 0 Å². The van der Waals surface area contributed by atoms with E-state index in [4.69, 9.17) is 5.73 Å². The molecule has 0 radical (unpaired) electrons. The Kier molecular flexibility index (Phi) is 4.26. The van der Waals surface area contributed by atoms with Gasteiger partial charge in [-0.3, -0.25) is 9.78 Å². The predicted octanol–water partition coefficient (Wildman–Crippen LogP) is 1.96. The van der Waals surface area contributed by atoms with Crippen LogP contribution >= 0.6 is 0 Å². The molecule has 0 aliphatic heterocycles. The van der Waals surface area contributed by atoms with Crippen molar-refractivity contribution in [2.24, 2.45) is 5.73 Å². The van der Waals surface area contributed by atoms with Gasteiger partial charge in [0.15, 0.2) is 0 Å². The third-order valence-electron chi connectivity index (χ3n) is 3.01. The largest absolute Gasteiger partial charge is 0.348 e. The Morgan fingerprint density at radius 2 is 1.74 bits per heavy atom. The summed E-state index contributed by atoms with van der Waals surface area (Å²) in [4.78, 5) is 16.0. The molecule has 0 aliphatic carbocycles. The normalized spacial score (nSPS) is 13.6. The number of pyridine rings is 1. The van der Waals surface area contributed by atoms with E-state index < -0.39 is 6.04 Å². The van der Waals surface area contributed by atoms with Gasteiger partial charge >= 0.3 is 0 Å². The van der Waals surface area contributed by atoms with E-state index in [9.17, 15) is 4.79 Å². The molecule has 19 heavy (non-hydrogen) atoms. The summed E-state index contributed by atoms with van der Waals surface area (Å²) >= 11 is 0. The fraction of sp³-hybridized carbons (Fsp3) is 0.200. The second-order valence-corrected chi connectivity index (χ2v) is 4.40. The highest BCUT2D eigenvalue weighted by molar-refractivity contribution is 5.83. The van der Waals surface area contributed by atoms with E-state index in [2.05, 4.69) is 10.3 Å². The van der Waals surface area contributed by atoms with Crippen LogP contribution in [0.25, 0.3) is 0 Å². The number of hydrogen-bond acceptors (Lipinski definition) is 3. The number of carbonyl (C=O) groups is 1. The first kappa shape index (κ1) is 13.2. The average molecular weight is 255 g/mol. The summed E-state index contributed by atoms with van der Waals surface area (Å²) < 4.78 is 0. The third-order valence-corrected chi connectivity index (χ3v) is 3.01. The lowest BCUT2D eigenvalue weighted by atomic mass is 10.1. The van der Waals surface area contributed by atoms with Gasteiger partial charge in [-0.1, -0.05) is 30.3 Å². The molecule has 0 bridgehead atoms. The molecule has 2 atom stereocenters. The lowest BCUT2D eigenvalue weighted by molar-refractivity contribution is -0.123. The Morgan fingerprint density at radius 1 is 1.11 bits per heavy atom. The first-order valence-corrected chi connectivity index (χ1v) is 6.19. The molecule has 0 fully saturated rings. The lowest BCUT2D eigenvalue weighted by Crippen LogP contribution is -2.35. The minimum atomic E-state index is -0.648. The van der Waals surface area contributed by atoms with Crippen LogP contribution in [0.5, 0.6) is 0 Å². The van der Waals surface area contributed by atoms with Gasteiger partial charge in [-0.25, -0.2) is 0 Å². The smallest absolute Gasteiger partial charge is 0.241 e. The first-order valence-electron chi connectivity index (χ1n) is 6.19. The highest BCUT2D eigenvalue weighted by atomic mass is 16.2. The maximum Gasteiger partial charge on any atom is 0.241 e. The van der Waals surface area contributed by atoms with Gasteiger partial charge in [0, 0.05) is 12.4 Å². The van der Waals surface area contributed by atoms with Crippen LogP contribution in [0.1, 0.15) is 30.1 Å². The zero-order valence-electron chi connectivity index (χ0n) is 10.8. The highest BCUT2D eigenvalue weighted by Gasteiger charge is 2.17. The number of amides is 1. The minimum Gasteiger partial charge on any atom is -0.348 e. The minimum absolute atomic E-state index is 0.0923. The van der Waals surface area contributed by atoms with Gasteiger partial charge in [0.1, 0.15) is 6.04 Å². The third kappa shape index (κ3) is 3.39. The molecule has 1 heterocycles. The summed E-state index contributed by atoms with van der Waals surface area (Å²) in [6, 6.07) is 12.3. The molecule has 1 aromatic heterocycles. The van der Waals surface area contributed by atoms with Gasteiger partial charge in [0.05, 0.1) is 6.04 Å². The Labute approximate surface area is 112 Å². The summed E-state index contributed by atoms with van der Waals surface area (Å²) in [7, 11) is 0. The zero-order valence-corrected chi connectivity index (χ0v) is 10.8. The molecule has 4 heteroatoms. The number of hydrogen-bond donors (Lipinski definition) is 2. The molecule has 2 aromatic rings. The quantitative estimate of drug-likeness (QED) is 0.877. The SMILES string of the molecule is C[C@@H](NC(=O)[C@H](N)c1ccccc1)c1ccncc1. The monoisotopic (exact) mass is 255 g/mol. The van der Waals surface area contributed by atoms with Crippen LogP contribution in [-0.2, 0) is 4.79 Å². The molecule has 98 valence electrons. The number of rotatable bonds is 4. The summed E-state index contributed by atoms with van der Waals surface area (Å²) in [6.07, 6.45) is 3.41. The van der Waals surface area contributed by atoms with Gasteiger partial charge in [0.2, 0.25) is 5.91 Å². The van der Waals surface area contributed by atoms with E-state index in [0.717, 1.165) is 11.1 Å². The summed E-state index contributed by atoms with van der Waals surface area (Å²) in [5, 5.41) is 2.90. The van der Waals surface area contributed by atoms with Crippen LogP contribution in [0.3, 0.4) is 0 Å². The number of benzene rings is 1. The standard InChI is InChI=1S/C15H17N3O/c1-11(12-7-9-17-10-8-12)18-15(19)14(16)13-5-3-2-4-6-13/h2-11,14H,16H2,1H3,(H,18,19)/t11-,14-/m1/s1. The molecular weight excluding hydrogens is 238 g/mol. The average Bonchev–Trinajstić information content (AvgIpc) is 2.48. The van der Waals surface area contributed by atoms with Crippen molar-refractivity contribution in [2.75, 3.05) is 0 Å². The number of nitrogens with two attached hydrogens (primary N) is 1. The summed E-state index contributed by atoms with van der Waals surface area (Å²) in [5.74, 6) is -0.185. The molecule has 1 amide bonds. The summed E-state index contributed by atoms with van der Waals surface area (Å²) in [5.41, 5.74) is 7.75. The van der Waals surface area contributed by atoms with E-state index in [1.807, 2.05) is 49.4 Å². The second-order valence-electron chi connectivity index (χ2n) is 4.40. The van der Waals surface area contributed by atoms with E-state index in [-0.39, 0.29) is 11.9 Å². The van der Waals surface area contributed by atoms with Crippen LogP contribution in [-0.4, -0.2) is 10.9 Å². The number of nitrogens with one attached hydrogen (secondary N) is 1.